The second-order valence-corrected chi connectivity index (χ2v) is 5.67. The van der Waals surface area contributed by atoms with Crippen LogP contribution in [0.4, 0.5) is 5.69 Å². The van der Waals surface area contributed by atoms with Gasteiger partial charge in [0.05, 0.1) is 0 Å². The van der Waals surface area contributed by atoms with Gasteiger partial charge in [-0.15, -0.1) is 0 Å². The number of hydrogen-bond acceptors (Lipinski definition) is 3. The van der Waals surface area contributed by atoms with Crippen LogP contribution in [0.1, 0.15) is 49.4 Å². The van der Waals surface area contributed by atoms with Gasteiger partial charge in [-0.3, -0.25) is 4.79 Å². The maximum Gasteiger partial charge on any atom is 0.248 e. The maximum absolute atomic E-state index is 11.1. The molecule has 1 aliphatic rings. The van der Waals surface area contributed by atoms with Crippen molar-refractivity contribution >= 4 is 11.6 Å². The molecule has 0 bridgehead atoms. The maximum atomic E-state index is 11.1. The fraction of sp³-hybridized carbons (Fsp3) is 0.562. The lowest BCUT2D eigenvalue weighted by atomic mass is 9.90. The van der Waals surface area contributed by atoms with Gasteiger partial charge in [0.1, 0.15) is 0 Å². The van der Waals surface area contributed by atoms with E-state index < -0.39 is 0 Å². The van der Waals surface area contributed by atoms with Crippen LogP contribution in [0.25, 0.3) is 0 Å². The summed E-state index contributed by atoms with van der Waals surface area (Å²) in [5, 5.41) is 0. The molecule has 0 heterocycles. The van der Waals surface area contributed by atoms with Crippen LogP contribution < -0.4 is 16.4 Å². The Bertz CT molecular complexity index is 436. The number of amides is 1. The van der Waals surface area contributed by atoms with Gasteiger partial charge < -0.3 is 16.4 Å². The SMILES string of the molecule is CCCN(c1ccc(C(N)=O)cc1)C1CCC(N)CC1. The molecule has 0 radical (unpaired) electrons. The third-order valence-electron chi connectivity index (χ3n) is 4.13. The Balaban J connectivity index is 2.13. The molecule has 110 valence electrons. The minimum absolute atomic E-state index is 0.368. The molecule has 1 amide bonds. The van der Waals surface area contributed by atoms with Crippen LogP contribution in [-0.2, 0) is 0 Å². The highest BCUT2D eigenvalue weighted by atomic mass is 16.1. The predicted octanol–water partition coefficient (Wildman–Crippen LogP) is 2.27. The van der Waals surface area contributed by atoms with Gasteiger partial charge in [0.25, 0.3) is 0 Å². The Hall–Kier alpha value is -1.55. The van der Waals surface area contributed by atoms with Gasteiger partial charge in [0.15, 0.2) is 0 Å². The van der Waals surface area contributed by atoms with Crippen LogP contribution in [0.15, 0.2) is 24.3 Å². The summed E-state index contributed by atoms with van der Waals surface area (Å²) in [6.45, 7) is 3.23. The van der Waals surface area contributed by atoms with Crippen LogP contribution in [0, 0.1) is 0 Å². The lowest BCUT2D eigenvalue weighted by molar-refractivity contribution is 0.100. The Morgan fingerprint density at radius 1 is 1.20 bits per heavy atom. The van der Waals surface area contributed by atoms with Gasteiger partial charge in [0.2, 0.25) is 5.91 Å². The van der Waals surface area contributed by atoms with Crippen LogP contribution in [0.2, 0.25) is 0 Å². The highest BCUT2D eigenvalue weighted by molar-refractivity contribution is 5.93. The summed E-state index contributed by atoms with van der Waals surface area (Å²) < 4.78 is 0. The van der Waals surface area contributed by atoms with E-state index in [4.69, 9.17) is 11.5 Å². The number of primary amides is 1. The van der Waals surface area contributed by atoms with Crippen LogP contribution in [0.5, 0.6) is 0 Å². The molecule has 0 unspecified atom stereocenters. The van der Waals surface area contributed by atoms with Crippen molar-refractivity contribution < 1.29 is 4.79 Å². The summed E-state index contributed by atoms with van der Waals surface area (Å²) in [6.07, 6.45) is 5.62. The molecule has 0 spiro atoms. The van der Waals surface area contributed by atoms with E-state index in [2.05, 4.69) is 11.8 Å². The van der Waals surface area contributed by atoms with E-state index in [-0.39, 0.29) is 5.91 Å². The van der Waals surface area contributed by atoms with E-state index in [1.807, 2.05) is 24.3 Å². The van der Waals surface area contributed by atoms with Gasteiger partial charge in [-0.2, -0.15) is 0 Å². The molecule has 1 saturated carbocycles. The van der Waals surface area contributed by atoms with Gasteiger partial charge in [-0.25, -0.2) is 0 Å². The monoisotopic (exact) mass is 275 g/mol. The summed E-state index contributed by atoms with van der Waals surface area (Å²) in [5.74, 6) is -0.373. The van der Waals surface area contributed by atoms with Crippen molar-refractivity contribution in [2.75, 3.05) is 11.4 Å². The quantitative estimate of drug-likeness (QED) is 0.866. The van der Waals surface area contributed by atoms with Crippen molar-refractivity contribution in [1.82, 2.24) is 0 Å². The lowest BCUT2D eigenvalue weighted by Gasteiger charge is -2.37. The zero-order valence-electron chi connectivity index (χ0n) is 12.2. The first kappa shape index (κ1) is 14.9. The zero-order valence-corrected chi connectivity index (χ0v) is 12.2. The van der Waals surface area contributed by atoms with Crippen LogP contribution >= 0.6 is 0 Å². The molecule has 20 heavy (non-hydrogen) atoms. The van der Waals surface area contributed by atoms with E-state index in [0.717, 1.165) is 38.6 Å². The fourth-order valence-electron chi connectivity index (χ4n) is 2.99. The smallest absolute Gasteiger partial charge is 0.248 e. The number of benzene rings is 1. The Labute approximate surface area is 121 Å². The highest BCUT2D eigenvalue weighted by Gasteiger charge is 2.24. The van der Waals surface area contributed by atoms with Crippen molar-refractivity contribution in [2.24, 2.45) is 11.5 Å². The molecular formula is C16H25N3O. The van der Waals surface area contributed by atoms with Gasteiger partial charge in [0, 0.05) is 29.9 Å². The molecular weight excluding hydrogens is 250 g/mol. The molecule has 4 nitrogen and oxygen atoms in total. The molecule has 1 aliphatic carbocycles. The molecule has 0 atom stereocenters. The normalized spacial score (nSPS) is 22.5. The average Bonchev–Trinajstić information content (AvgIpc) is 2.46. The molecule has 2 rings (SSSR count). The molecule has 0 aliphatic heterocycles. The number of rotatable bonds is 5. The van der Waals surface area contributed by atoms with Crippen molar-refractivity contribution in [2.45, 2.75) is 51.1 Å². The summed E-state index contributed by atoms with van der Waals surface area (Å²) in [4.78, 5) is 13.6. The predicted molar refractivity (Wildman–Crippen MR) is 82.8 cm³/mol. The third kappa shape index (κ3) is 3.51. The molecule has 4 N–H and O–H groups in total. The number of nitrogens with two attached hydrogens (primary N) is 2. The van der Waals surface area contributed by atoms with Gasteiger partial charge in [-0.05, 0) is 56.4 Å². The molecule has 1 aromatic rings. The lowest BCUT2D eigenvalue weighted by Crippen LogP contribution is -2.41. The molecule has 1 aromatic carbocycles. The Morgan fingerprint density at radius 3 is 2.30 bits per heavy atom. The highest BCUT2D eigenvalue weighted by Crippen LogP contribution is 2.27. The van der Waals surface area contributed by atoms with Crippen LogP contribution in [-0.4, -0.2) is 24.5 Å². The van der Waals surface area contributed by atoms with Gasteiger partial charge >= 0.3 is 0 Å². The van der Waals surface area contributed by atoms with Crippen molar-refractivity contribution in [3.8, 4) is 0 Å². The minimum atomic E-state index is -0.373. The standard InChI is InChI=1S/C16H25N3O/c1-2-11-19(15-9-5-13(17)6-10-15)14-7-3-12(4-8-14)16(18)20/h3-4,7-8,13,15H,2,5-6,9-11,17H2,1H3,(H2,18,20). The second-order valence-electron chi connectivity index (χ2n) is 5.67. The average molecular weight is 275 g/mol. The van der Waals surface area contributed by atoms with Crippen molar-refractivity contribution in [1.29, 1.82) is 0 Å². The van der Waals surface area contributed by atoms with Crippen LogP contribution in [0.3, 0.4) is 0 Å². The molecule has 1 fully saturated rings. The third-order valence-corrected chi connectivity index (χ3v) is 4.13. The Morgan fingerprint density at radius 2 is 1.80 bits per heavy atom. The summed E-state index contributed by atoms with van der Waals surface area (Å²) in [6, 6.07) is 8.57. The number of carbonyl (C=O) groups excluding carboxylic acids is 1. The number of anilines is 1. The summed E-state index contributed by atoms with van der Waals surface area (Å²) in [7, 11) is 0. The summed E-state index contributed by atoms with van der Waals surface area (Å²) >= 11 is 0. The van der Waals surface area contributed by atoms with E-state index >= 15 is 0 Å². The molecule has 0 aromatic heterocycles. The van der Waals surface area contributed by atoms with E-state index in [9.17, 15) is 4.79 Å². The first-order chi connectivity index (χ1) is 9.61. The van der Waals surface area contributed by atoms with E-state index in [1.165, 1.54) is 5.69 Å². The zero-order chi connectivity index (χ0) is 14.5. The molecule has 0 saturated heterocycles. The van der Waals surface area contributed by atoms with E-state index in [0.29, 0.717) is 17.6 Å². The minimum Gasteiger partial charge on any atom is -0.369 e. The van der Waals surface area contributed by atoms with Crippen molar-refractivity contribution in [3.63, 3.8) is 0 Å². The topological polar surface area (TPSA) is 72.3 Å². The first-order valence-electron chi connectivity index (χ1n) is 7.54. The number of hydrogen-bond donors (Lipinski definition) is 2. The fourth-order valence-corrected chi connectivity index (χ4v) is 2.99. The first-order valence-corrected chi connectivity index (χ1v) is 7.54. The van der Waals surface area contributed by atoms with Gasteiger partial charge in [-0.1, -0.05) is 6.92 Å². The van der Waals surface area contributed by atoms with E-state index in [1.54, 1.807) is 0 Å². The number of carbonyl (C=O) groups is 1. The number of nitrogens with zero attached hydrogens (tertiary/aromatic N) is 1. The summed E-state index contributed by atoms with van der Waals surface area (Å²) in [5.41, 5.74) is 13.0. The molecule has 4 heteroatoms. The largest absolute Gasteiger partial charge is 0.369 e. The van der Waals surface area contributed by atoms with Crippen molar-refractivity contribution in [3.05, 3.63) is 29.8 Å². The second kappa shape index (κ2) is 6.75. The Kier molecular flexibility index (Phi) is 5.01.